The Balaban J connectivity index is 1.19. The lowest BCUT2D eigenvalue weighted by atomic mass is 9.92. The van der Waals surface area contributed by atoms with E-state index in [9.17, 15) is 28.8 Å². The van der Waals surface area contributed by atoms with E-state index < -0.39 is 17.2 Å². The van der Waals surface area contributed by atoms with E-state index in [1.165, 1.54) is 12.2 Å². The molecule has 0 spiro atoms. The highest BCUT2D eigenvalue weighted by molar-refractivity contribution is 6.13. The van der Waals surface area contributed by atoms with Crippen LogP contribution >= 0.6 is 0 Å². The number of imide groups is 1. The zero-order valence-electron chi connectivity index (χ0n) is 41.7. The van der Waals surface area contributed by atoms with Gasteiger partial charge in [0.2, 0.25) is 23.6 Å². The monoisotopic (exact) mass is 1000 g/mol. The van der Waals surface area contributed by atoms with Gasteiger partial charge in [-0.3, -0.25) is 48.4 Å². The molecular weight excluding hydrogens is 925 g/mol. The Morgan fingerprint density at radius 1 is 0.380 bits per heavy atom. The minimum atomic E-state index is -0.780. The van der Waals surface area contributed by atoms with Crippen LogP contribution in [0.5, 0.6) is 0 Å². The normalized spacial score (nSPS) is 16.0. The van der Waals surface area contributed by atoms with E-state index in [1.807, 2.05) is 0 Å². The van der Waals surface area contributed by atoms with Gasteiger partial charge in [-0.15, -0.1) is 0 Å². The molecule has 4 rings (SSSR count). The van der Waals surface area contributed by atoms with E-state index in [1.54, 1.807) is 0 Å². The van der Waals surface area contributed by atoms with Gasteiger partial charge >= 0.3 is 0 Å². The standard InChI is InChI=1S/C49H80N8O14/c58-43(9-23-54-17-1-2-18-54)50-13-27-64-31-35-68-39-49(40-69-36-32-65-28-14-51-44(59)10-24-55-19-3-4-20-55,41-70-37-33-66-29-15-52-45(60)11-25-56-21-5-6-22-56)42-71-38-34-67-30-16-53-46(61)12-26-57-47(62)7-8-48(57)63/h1-8H,9-42H2,(H,50,58)(H,51,59)(H,52,60)(H,53,61). The minimum Gasteiger partial charge on any atom is -0.378 e. The van der Waals surface area contributed by atoms with Crippen LogP contribution < -0.4 is 21.3 Å². The van der Waals surface area contributed by atoms with Crippen LogP contribution in [0.1, 0.15) is 25.7 Å². The van der Waals surface area contributed by atoms with Gasteiger partial charge in [0.05, 0.1) is 111 Å². The van der Waals surface area contributed by atoms with Gasteiger partial charge in [-0.25, -0.2) is 0 Å². The maximum absolute atomic E-state index is 12.3. The number of nitrogens with zero attached hydrogens (tertiary/aromatic N) is 4. The summed E-state index contributed by atoms with van der Waals surface area (Å²) >= 11 is 0. The van der Waals surface area contributed by atoms with E-state index in [-0.39, 0.29) is 109 Å². The summed E-state index contributed by atoms with van der Waals surface area (Å²) in [6.07, 6.45) is 16.2. The van der Waals surface area contributed by atoms with Gasteiger partial charge in [0.1, 0.15) is 0 Å². The summed E-state index contributed by atoms with van der Waals surface area (Å²) < 4.78 is 47.6. The number of hydrogen-bond donors (Lipinski definition) is 4. The first-order valence-corrected chi connectivity index (χ1v) is 25.1. The van der Waals surface area contributed by atoms with Crippen molar-refractivity contribution in [2.24, 2.45) is 5.41 Å². The van der Waals surface area contributed by atoms with Crippen molar-refractivity contribution in [1.29, 1.82) is 0 Å². The van der Waals surface area contributed by atoms with Crippen LogP contribution in [0.3, 0.4) is 0 Å². The van der Waals surface area contributed by atoms with E-state index in [0.717, 1.165) is 44.2 Å². The largest absolute Gasteiger partial charge is 0.378 e. The number of carbonyl (C=O) groups is 6. The lowest BCUT2D eigenvalue weighted by Crippen LogP contribution is -2.43. The predicted molar refractivity (Wildman–Crippen MR) is 262 cm³/mol. The molecule has 4 aliphatic rings. The summed E-state index contributed by atoms with van der Waals surface area (Å²) in [5, 5.41) is 11.4. The Morgan fingerprint density at radius 3 is 0.915 bits per heavy atom. The fourth-order valence-electron chi connectivity index (χ4n) is 7.45. The molecule has 400 valence electrons. The summed E-state index contributed by atoms with van der Waals surface area (Å²) in [7, 11) is 0. The molecule has 0 saturated heterocycles. The number of ether oxygens (including phenoxy) is 8. The summed E-state index contributed by atoms with van der Waals surface area (Å²) in [5.41, 5.74) is -0.780. The van der Waals surface area contributed by atoms with Gasteiger partial charge in [0, 0.05) is 129 Å². The molecule has 4 N–H and O–H groups in total. The third-order valence-electron chi connectivity index (χ3n) is 11.5. The molecule has 22 nitrogen and oxygen atoms in total. The van der Waals surface area contributed by atoms with Crippen molar-refractivity contribution in [2.75, 3.05) is 197 Å². The number of nitrogens with one attached hydrogen (secondary N) is 4. The van der Waals surface area contributed by atoms with Crippen molar-refractivity contribution in [3.05, 3.63) is 48.6 Å². The molecule has 0 atom stereocenters. The second kappa shape index (κ2) is 37.3. The van der Waals surface area contributed by atoms with Crippen LogP contribution in [0.25, 0.3) is 0 Å². The van der Waals surface area contributed by atoms with Crippen LogP contribution in [-0.2, 0) is 66.7 Å². The zero-order chi connectivity index (χ0) is 50.5. The van der Waals surface area contributed by atoms with Gasteiger partial charge in [-0.1, -0.05) is 36.5 Å². The van der Waals surface area contributed by atoms with Gasteiger partial charge in [-0.2, -0.15) is 0 Å². The molecule has 0 fully saturated rings. The fraction of sp³-hybridized carbons (Fsp3) is 0.714. The van der Waals surface area contributed by atoms with Crippen molar-refractivity contribution < 1.29 is 66.7 Å². The van der Waals surface area contributed by atoms with Crippen molar-refractivity contribution in [3.8, 4) is 0 Å². The van der Waals surface area contributed by atoms with Crippen molar-refractivity contribution in [3.63, 3.8) is 0 Å². The second-order valence-corrected chi connectivity index (χ2v) is 17.4. The topological polar surface area (TPSA) is 237 Å². The summed E-state index contributed by atoms with van der Waals surface area (Å²) in [4.78, 5) is 80.1. The first-order valence-electron chi connectivity index (χ1n) is 25.1. The maximum atomic E-state index is 12.3. The lowest BCUT2D eigenvalue weighted by molar-refractivity contribution is -0.137. The van der Waals surface area contributed by atoms with Crippen LogP contribution in [0.2, 0.25) is 0 Å². The average molecular weight is 1010 g/mol. The van der Waals surface area contributed by atoms with E-state index >= 15 is 0 Å². The number of rotatable bonds is 44. The maximum Gasteiger partial charge on any atom is 0.253 e. The lowest BCUT2D eigenvalue weighted by Gasteiger charge is -2.33. The Hall–Kier alpha value is -4.46. The molecule has 4 heterocycles. The highest BCUT2D eigenvalue weighted by Gasteiger charge is 2.33. The molecule has 0 unspecified atom stereocenters. The Bertz CT molecular complexity index is 1530. The molecule has 6 amide bonds. The SMILES string of the molecule is O=C(CCN1CC=CC1)NCCOCCOCC(COCCOCCNC(=O)CCN1CC=CC1)(COCCOCCNC(=O)CCN1CC=CC1)COCCOCCNC(=O)CCN1C(=O)C=CC1=O. The summed E-state index contributed by atoms with van der Waals surface area (Å²) in [6, 6.07) is 0. The molecule has 4 aliphatic heterocycles. The first-order chi connectivity index (χ1) is 34.7. The fourth-order valence-corrected chi connectivity index (χ4v) is 7.45. The molecule has 0 aromatic carbocycles. The quantitative estimate of drug-likeness (QED) is 0.0315. The molecule has 0 aromatic heterocycles. The molecule has 22 heteroatoms. The summed E-state index contributed by atoms with van der Waals surface area (Å²) in [5.74, 6) is -1.22. The zero-order valence-corrected chi connectivity index (χ0v) is 41.7. The molecule has 0 bridgehead atoms. The van der Waals surface area contributed by atoms with Crippen molar-refractivity contribution in [2.45, 2.75) is 25.7 Å². The molecule has 0 aromatic rings. The highest BCUT2D eigenvalue weighted by Crippen LogP contribution is 2.21. The molecule has 0 saturated carbocycles. The Labute approximate surface area is 419 Å². The smallest absolute Gasteiger partial charge is 0.253 e. The van der Waals surface area contributed by atoms with E-state index in [2.05, 4.69) is 72.4 Å². The third kappa shape index (κ3) is 27.8. The molecule has 0 aliphatic carbocycles. The van der Waals surface area contributed by atoms with Crippen LogP contribution in [-0.4, -0.2) is 252 Å². The molecule has 0 radical (unpaired) electrons. The van der Waals surface area contributed by atoms with E-state index in [0.29, 0.717) is 98.2 Å². The van der Waals surface area contributed by atoms with Gasteiger partial charge in [0.25, 0.3) is 11.8 Å². The van der Waals surface area contributed by atoms with Gasteiger partial charge in [0.15, 0.2) is 0 Å². The average Bonchev–Trinajstić information content (AvgIpc) is 4.23. The van der Waals surface area contributed by atoms with Gasteiger partial charge in [-0.05, 0) is 0 Å². The van der Waals surface area contributed by atoms with Crippen molar-refractivity contribution >= 4 is 35.4 Å². The second-order valence-electron chi connectivity index (χ2n) is 17.4. The van der Waals surface area contributed by atoms with Gasteiger partial charge < -0.3 is 59.2 Å². The van der Waals surface area contributed by atoms with Crippen LogP contribution in [0.15, 0.2) is 48.6 Å². The first kappa shape index (κ1) is 59.1. The van der Waals surface area contributed by atoms with E-state index in [4.69, 9.17) is 37.9 Å². The van der Waals surface area contributed by atoms with Crippen LogP contribution in [0.4, 0.5) is 0 Å². The minimum absolute atomic E-state index is 0.00297. The van der Waals surface area contributed by atoms with Crippen LogP contribution in [0, 0.1) is 5.41 Å². The Morgan fingerprint density at radius 2 is 0.634 bits per heavy atom. The Kier molecular flexibility index (Phi) is 31.1. The third-order valence-corrected chi connectivity index (χ3v) is 11.5. The summed E-state index contributed by atoms with van der Waals surface area (Å²) in [6.45, 7) is 12.9. The van der Waals surface area contributed by atoms with Crippen molar-refractivity contribution in [1.82, 2.24) is 40.9 Å². The predicted octanol–water partition coefficient (Wildman–Crippen LogP) is -1.33. The number of hydrogen-bond acceptors (Lipinski definition) is 17. The highest BCUT2D eigenvalue weighted by atomic mass is 16.6. The number of amides is 6. The number of carbonyl (C=O) groups excluding carboxylic acids is 6. The molecular formula is C49H80N8O14. The molecule has 71 heavy (non-hydrogen) atoms.